The predicted octanol–water partition coefficient (Wildman–Crippen LogP) is 3.47. The summed E-state index contributed by atoms with van der Waals surface area (Å²) in [4.78, 5) is 9.52. The fourth-order valence-electron chi connectivity index (χ4n) is 2.78. The molecule has 21 heavy (non-hydrogen) atoms. The molecule has 1 aromatic heterocycles. The van der Waals surface area contributed by atoms with Gasteiger partial charge in [-0.3, -0.25) is 0 Å². The second kappa shape index (κ2) is 7.85. The van der Waals surface area contributed by atoms with E-state index in [1.165, 1.54) is 5.56 Å². The number of nitrogens with one attached hydrogen (secondary N) is 1. The molecule has 0 fully saturated rings. The van der Waals surface area contributed by atoms with E-state index in [1.807, 2.05) is 6.92 Å². The van der Waals surface area contributed by atoms with Gasteiger partial charge in [0.25, 0.3) is 0 Å². The molecule has 0 aliphatic carbocycles. The quantitative estimate of drug-likeness (QED) is 0.797. The van der Waals surface area contributed by atoms with Crippen molar-refractivity contribution in [2.75, 3.05) is 19.7 Å². The first-order valence-electron chi connectivity index (χ1n) is 8.09. The van der Waals surface area contributed by atoms with Crippen molar-refractivity contribution in [1.82, 2.24) is 15.3 Å². The highest BCUT2D eigenvalue weighted by molar-refractivity contribution is 5.29. The van der Waals surface area contributed by atoms with Gasteiger partial charge in [-0.25, -0.2) is 9.97 Å². The van der Waals surface area contributed by atoms with Crippen LogP contribution in [0.2, 0.25) is 0 Å². The number of nitrogens with zero attached hydrogens (tertiary/aromatic N) is 2. The van der Waals surface area contributed by atoms with Gasteiger partial charge in [0.2, 0.25) is 0 Å². The van der Waals surface area contributed by atoms with Crippen molar-refractivity contribution in [3.05, 3.63) is 22.8 Å². The Morgan fingerprint density at radius 3 is 2.14 bits per heavy atom. The smallest absolute Gasteiger partial charge is 0.160 e. The zero-order valence-corrected chi connectivity index (χ0v) is 14.7. The van der Waals surface area contributed by atoms with E-state index < -0.39 is 5.60 Å². The Bertz CT molecular complexity index is 438. The fourth-order valence-corrected chi connectivity index (χ4v) is 2.78. The molecule has 0 amide bonds. The van der Waals surface area contributed by atoms with E-state index in [0.717, 1.165) is 36.7 Å². The highest BCUT2D eigenvalue weighted by atomic mass is 16.5. The van der Waals surface area contributed by atoms with Crippen molar-refractivity contribution < 1.29 is 4.74 Å². The maximum atomic E-state index is 5.90. The van der Waals surface area contributed by atoms with E-state index in [4.69, 9.17) is 14.7 Å². The summed E-state index contributed by atoms with van der Waals surface area (Å²) in [6, 6.07) is 0. The van der Waals surface area contributed by atoms with Crippen LogP contribution in [-0.4, -0.2) is 29.7 Å². The molecular weight excluding hydrogens is 262 g/mol. The second-order valence-corrected chi connectivity index (χ2v) is 5.86. The van der Waals surface area contributed by atoms with Crippen LogP contribution in [0.15, 0.2) is 0 Å². The van der Waals surface area contributed by atoms with Crippen molar-refractivity contribution in [2.45, 2.75) is 66.4 Å². The minimum atomic E-state index is -0.395. The standard InChI is InChI=1S/C17H31N3O/c1-8-17(7,21-10-3)16-19-13(5)15(14(6)20-16)12(4)11-18-9-2/h12,18H,8-11H2,1-7H3. The van der Waals surface area contributed by atoms with Crippen LogP contribution in [0.25, 0.3) is 0 Å². The second-order valence-electron chi connectivity index (χ2n) is 5.86. The molecule has 1 heterocycles. The van der Waals surface area contributed by atoms with E-state index in [0.29, 0.717) is 12.5 Å². The first-order valence-corrected chi connectivity index (χ1v) is 8.09. The van der Waals surface area contributed by atoms with Gasteiger partial charge in [-0.2, -0.15) is 0 Å². The van der Waals surface area contributed by atoms with Gasteiger partial charge in [0, 0.05) is 24.5 Å². The van der Waals surface area contributed by atoms with E-state index in [1.54, 1.807) is 0 Å². The van der Waals surface area contributed by atoms with Crippen molar-refractivity contribution >= 4 is 0 Å². The fraction of sp³-hybridized carbons (Fsp3) is 0.765. The Morgan fingerprint density at radius 1 is 1.14 bits per heavy atom. The number of aryl methyl sites for hydroxylation is 2. The molecule has 0 aliphatic rings. The van der Waals surface area contributed by atoms with Gasteiger partial charge in [-0.15, -0.1) is 0 Å². The average Bonchev–Trinajstić information content (AvgIpc) is 2.44. The minimum absolute atomic E-state index is 0.395. The Kier molecular flexibility index (Phi) is 6.75. The van der Waals surface area contributed by atoms with Crippen LogP contribution in [0, 0.1) is 13.8 Å². The summed E-state index contributed by atoms with van der Waals surface area (Å²) in [6.45, 7) is 17.3. The predicted molar refractivity (Wildman–Crippen MR) is 87.7 cm³/mol. The molecule has 1 N–H and O–H groups in total. The first-order chi connectivity index (χ1) is 9.89. The average molecular weight is 293 g/mol. The number of rotatable bonds is 8. The Balaban J connectivity index is 3.14. The molecule has 2 atom stereocenters. The zero-order valence-electron chi connectivity index (χ0n) is 14.7. The van der Waals surface area contributed by atoms with Gasteiger partial charge in [0.05, 0.1) is 0 Å². The van der Waals surface area contributed by atoms with E-state index in [-0.39, 0.29) is 0 Å². The minimum Gasteiger partial charge on any atom is -0.368 e. The summed E-state index contributed by atoms with van der Waals surface area (Å²) in [6.07, 6.45) is 0.867. The van der Waals surface area contributed by atoms with Gasteiger partial charge in [-0.05, 0) is 52.1 Å². The van der Waals surface area contributed by atoms with E-state index in [9.17, 15) is 0 Å². The molecule has 0 saturated heterocycles. The van der Waals surface area contributed by atoms with Gasteiger partial charge in [-0.1, -0.05) is 20.8 Å². The third-order valence-electron chi connectivity index (χ3n) is 4.13. The number of hydrogen-bond donors (Lipinski definition) is 1. The van der Waals surface area contributed by atoms with E-state index in [2.05, 4.69) is 46.9 Å². The molecule has 0 bridgehead atoms. The lowest BCUT2D eigenvalue weighted by Gasteiger charge is -2.28. The maximum Gasteiger partial charge on any atom is 0.160 e. The molecule has 0 radical (unpaired) electrons. The molecule has 0 saturated carbocycles. The molecule has 0 spiro atoms. The molecule has 4 nitrogen and oxygen atoms in total. The summed E-state index contributed by atoms with van der Waals surface area (Å²) in [5.74, 6) is 1.22. The number of ether oxygens (including phenoxy) is 1. The molecule has 0 aromatic carbocycles. The van der Waals surface area contributed by atoms with Crippen LogP contribution < -0.4 is 5.32 Å². The van der Waals surface area contributed by atoms with Crippen molar-refractivity contribution in [3.8, 4) is 0 Å². The first kappa shape index (κ1) is 18.1. The lowest BCUT2D eigenvalue weighted by atomic mass is 9.96. The molecule has 4 heteroatoms. The van der Waals surface area contributed by atoms with Crippen LogP contribution >= 0.6 is 0 Å². The zero-order chi connectivity index (χ0) is 16.0. The number of aromatic nitrogens is 2. The molecular formula is C17H31N3O. The normalized spacial score (nSPS) is 15.8. The Labute approximate surface area is 129 Å². The highest BCUT2D eigenvalue weighted by Gasteiger charge is 2.30. The molecule has 2 unspecified atom stereocenters. The molecule has 1 aromatic rings. The van der Waals surface area contributed by atoms with Crippen LogP contribution in [0.3, 0.4) is 0 Å². The van der Waals surface area contributed by atoms with Crippen molar-refractivity contribution in [2.24, 2.45) is 0 Å². The van der Waals surface area contributed by atoms with Gasteiger partial charge in [0.15, 0.2) is 5.82 Å². The molecule has 1 rings (SSSR count). The van der Waals surface area contributed by atoms with Crippen LogP contribution in [0.5, 0.6) is 0 Å². The summed E-state index contributed by atoms with van der Waals surface area (Å²) in [5.41, 5.74) is 3.01. The lowest BCUT2D eigenvalue weighted by molar-refractivity contribution is -0.0393. The van der Waals surface area contributed by atoms with Crippen LogP contribution in [0.1, 0.15) is 69.7 Å². The topological polar surface area (TPSA) is 47.0 Å². The monoisotopic (exact) mass is 293 g/mol. The van der Waals surface area contributed by atoms with Gasteiger partial charge in [0.1, 0.15) is 5.60 Å². The third-order valence-corrected chi connectivity index (χ3v) is 4.13. The van der Waals surface area contributed by atoms with Crippen molar-refractivity contribution in [1.29, 1.82) is 0 Å². The van der Waals surface area contributed by atoms with Gasteiger partial charge < -0.3 is 10.1 Å². The summed E-state index contributed by atoms with van der Waals surface area (Å²) < 4.78 is 5.90. The van der Waals surface area contributed by atoms with Crippen molar-refractivity contribution in [3.63, 3.8) is 0 Å². The SMILES string of the molecule is CCNCC(C)c1c(C)nc(C(C)(CC)OCC)nc1C. The lowest BCUT2D eigenvalue weighted by Crippen LogP contribution is -2.29. The van der Waals surface area contributed by atoms with Crippen LogP contribution in [-0.2, 0) is 10.3 Å². The number of hydrogen-bond acceptors (Lipinski definition) is 4. The summed E-state index contributed by atoms with van der Waals surface area (Å²) in [5, 5.41) is 3.40. The number of likely N-dealkylation sites (N-methyl/N-ethyl adjacent to an activating group) is 1. The highest BCUT2D eigenvalue weighted by Crippen LogP contribution is 2.29. The maximum absolute atomic E-state index is 5.90. The Morgan fingerprint density at radius 2 is 1.71 bits per heavy atom. The molecule has 120 valence electrons. The molecule has 0 aliphatic heterocycles. The third kappa shape index (κ3) is 4.24. The summed E-state index contributed by atoms with van der Waals surface area (Å²) in [7, 11) is 0. The Hall–Kier alpha value is -1.00. The largest absolute Gasteiger partial charge is 0.368 e. The van der Waals surface area contributed by atoms with Gasteiger partial charge >= 0.3 is 0 Å². The van der Waals surface area contributed by atoms with Crippen LogP contribution in [0.4, 0.5) is 0 Å². The summed E-state index contributed by atoms with van der Waals surface area (Å²) >= 11 is 0. The van der Waals surface area contributed by atoms with E-state index >= 15 is 0 Å².